The van der Waals surface area contributed by atoms with E-state index in [9.17, 15) is 0 Å². The van der Waals surface area contributed by atoms with E-state index in [1.54, 1.807) is 0 Å². The van der Waals surface area contributed by atoms with Gasteiger partial charge in [0, 0.05) is 43.8 Å². The number of nitrogens with zero attached hydrogens (tertiary/aromatic N) is 4. The van der Waals surface area contributed by atoms with Crippen LogP contribution in [0.3, 0.4) is 0 Å². The molecule has 24 heavy (non-hydrogen) atoms. The molecule has 0 spiro atoms. The largest absolute Gasteiger partial charge is 0.372 e. The first-order chi connectivity index (χ1) is 11.6. The summed E-state index contributed by atoms with van der Waals surface area (Å²) in [5.41, 5.74) is 3.55. The van der Waals surface area contributed by atoms with E-state index in [-0.39, 0.29) is 0 Å². The van der Waals surface area contributed by atoms with Crippen molar-refractivity contribution in [3.05, 3.63) is 36.0 Å². The minimum atomic E-state index is 0.766. The van der Waals surface area contributed by atoms with E-state index in [1.807, 2.05) is 12.3 Å². The van der Waals surface area contributed by atoms with E-state index in [1.165, 1.54) is 11.3 Å². The van der Waals surface area contributed by atoms with Crippen LogP contribution < -0.4 is 15.1 Å². The molecule has 0 saturated heterocycles. The average molecular weight is 327 g/mol. The highest BCUT2D eigenvalue weighted by molar-refractivity contribution is 5.65. The van der Waals surface area contributed by atoms with Crippen LogP contribution in [0.5, 0.6) is 0 Å². The lowest BCUT2D eigenvalue weighted by molar-refractivity contribution is 0.822. The summed E-state index contributed by atoms with van der Waals surface area (Å²) in [6, 6.07) is 8.42. The van der Waals surface area contributed by atoms with E-state index in [0.29, 0.717) is 0 Å². The van der Waals surface area contributed by atoms with Gasteiger partial charge in [0.2, 0.25) is 5.95 Å². The summed E-state index contributed by atoms with van der Waals surface area (Å²) in [4.78, 5) is 13.5. The molecule has 0 saturated carbocycles. The van der Waals surface area contributed by atoms with Gasteiger partial charge in [-0.05, 0) is 64.4 Å². The number of benzene rings is 1. The molecule has 0 aliphatic heterocycles. The second-order valence-corrected chi connectivity index (χ2v) is 5.71. The topological polar surface area (TPSA) is 44.3 Å². The standard InChI is InChI=1S/C19H29N5/c1-6-23(7-2)16-10-11-17(15(5)14-16)21-18-12-13-20-19(22-18)24(8-3)9-4/h10-14H,6-9H2,1-5H3,(H,20,21,22). The third-order valence-corrected chi connectivity index (χ3v) is 4.29. The van der Waals surface area contributed by atoms with Gasteiger partial charge in [-0.3, -0.25) is 0 Å². The molecular formula is C19H29N5. The van der Waals surface area contributed by atoms with Gasteiger partial charge in [0.05, 0.1) is 0 Å². The Kier molecular flexibility index (Phi) is 6.41. The number of aryl methyl sites for hydroxylation is 1. The van der Waals surface area contributed by atoms with Gasteiger partial charge in [-0.1, -0.05) is 0 Å². The second-order valence-electron chi connectivity index (χ2n) is 5.71. The van der Waals surface area contributed by atoms with Crippen molar-refractivity contribution in [1.29, 1.82) is 0 Å². The lowest BCUT2D eigenvalue weighted by atomic mass is 10.1. The molecule has 0 aliphatic carbocycles. The van der Waals surface area contributed by atoms with Crippen molar-refractivity contribution in [2.75, 3.05) is 41.3 Å². The molecule has 5 heteroatoms. The van der Waals surface area contributed by atoms with Gasteiger partial charge in [-0.15, -0.1) is 0 Å². The Hall–Kier alpha value is -2.30. The highest BCUT2D eigenvalue weighted by atomic mass is 15.3. The highest BCUT2D eigenvalue weighted by Gasteiger charge is 2.08. The Morgan fingerprint density at radius 3 is 2.17 bits per heavy atom. The second kappa shape index (κ2) is 8.52. The van der Waals surface area contributed by atoms with Crippen molar-refractivity contribution in [3.8, 4) is 0 Å². The monoisotopic (exact) mass is 327 g/mol. The number of rotatable bonds is 8. The van der Waals surface area contributed by atoms with Gasteiger partial charge in [-0.25, -0.2) is 4.98 Å². The number of aromatic nitrogens is 2. The molecular weight excluding hydrogens is 298 g/mol. The Balaban J connectivity index is 2.21. The lowest BCUT2D eigenvalue weighted by Crippen LogP contribution is -2.24. The molecule has 0 amide bonds. The Bertz CT molecular complexity index is 648. The van der Waals surface area contributed by atoms with Crippen molar-refractivity contribution in [2.24, 2.45) is 0 Å². The predicted octanol–water partition coefficient (Wildman–Crippen LogP) is 4.22. The summed E-state index contributed by atoms with van der Waals surface area (Å²) >= 11 is 0. The third kappa shape index (κ3) is 4.16. The van der Waals surface area contributed by atoms with Crippen molar-refractivity contribution >= 4 is 23.1 Å². The number of hydrogen-bond acceptors (Lipinski definition) is 5. The van der Waals surface area contributed by atoms with Gasteiger partial charge in [0.15, 0.2) is 0 Å². The third-order valence-electron chi connectivity index (χ3n) is 4.29. The molecule has 2 aromatic rings. The van der Waals surface area contributed by atoms with E-state index in [2.05, 4.69) is 77.9 Å². The fourth-order valence-electron chi connectivity index (χ4n) is 2.79. The summed E-state index contributed by atoms with van der Waals surface area (Å²) in [7, 11) is 0. The Labute approximate surface area is 145 Å². The van der Waals surface area contributed by atoms with E-state index in [4.69, 9.17) is 0 Å². The van der Waals surface area contributed by atoms with Crippen molar-refractivity contribution in [2.45, 2.75) is 34.6 Å². The molecule has 0 aliphatic rings. The van der Waals surface area contributed by atoms with Crippen LogP contribution in [-0.4, -0.2) is 36.1 Å². The SMILES string of the molecule is CCN(CC)c1ccc(Nc2ccnc(N(CC)CC)n2)c(C)c1. The maximum Gasteiger partial charge on any atom is 0.227 e. The molecule has 0 fully saturated rings. The van der Waals surface area contributed by atoms with Crippen molar-refractivity contribution in [3.63, 3.8) is 0 Å². The summed E-state index contributed by atoms with van der Waals surface area (Å²) in [5, 5.41) is 3.42. The number of hydrogen-bond donors (Lipinski definition) is 1. The molecule has 0 bridgehead atoms. The van der Waals surface area contributed by atoms with Crippen molar-refractivity contribution in [1.82, 2.24) is 9.97 Å². The molecule has 1 aromatic carbocycles. The maximum atomic E-state index is 4.63. The van der Waals surface area contributed by atoms with Gasteiger partial charge in [-0.2, -0.15) is 4.98 Å². The molecule has 130 valence electrons. The zero-order valence-electron chi connectivity index (χ0n) is 15.5. The Morgan fingerprint density at radius 2 is 1.58 bits per heavy atom. The summed E-state index contributed by atoms with van der Waals surface area (Å²) in [6.07, 6.45) is 1.81. The molecule has 0 radical (unpaired) electrons. The quantitative estimate of drug-likeness (QED) is 0.786. The molecule has 1 heterocycles. The smallest absolute Gasteiger partial charge is 0.227 e. The predicted molar refractivity (Wildman–Crippen MR) is 104 cm³/mol. The van der Waals surface area contributed by atoms with Crippen LogP contribution in [0.25, 0.3) is 0 Å². The van der Waals surface area contributed by atoms with Gasteiger partial charge in [0.25, 0.3) is 0 Å². The summed E-state index contributed by atoms with van der Waals surface area (Å²) in [6.45, 7) is 14.5. The van der Waals surface area contributed by atoms with Crippen molar-refractivity contribution < 1.29 is 0 Å². The highest BCUT2D eigenvalue weighted by Crippen LogP contribution is 2.25. The minimum absolute atomic E-state index is 0.766. The van der Waals surface area contributed by atoms with Gasteiger partial charge < -0.3 is 15.1 Å². The summed E-state index contributed by atoms with van der Waals surface area (Å²) < 4.78 is 0. The fraction of sp³-hybridized carbons (Fsp3) is 0.474. The molecule has 0 unspecified atom stereocenters. The minimum Gasteiger partial charge on any atom is -0.372 e. The Morgan fingerprint density at radius 1 is 0.917 bits per heavy atom. The van der Waals surface area contributed by atoms with E-state index < -0.39 is 0 Å². The van der Waals surface area contributed by atoms with Gasteiger partial charge >= 0.3 is 0 Å². The normalized spacial score (nSPS) is 10.5. The molecule has 1 N–H and O–H groups in total. The van der Waals surface area contributed by atoms with Crippen LogP contribution in [0.4, 0.5) is 23.1 Å². The van der Waals surface area contributed by atoms with Crippen LogP contribution in [0.2, 0.25) is 0 Å². The first-order valence-corrected chi connectivity index (χ1v) is 8.83. The number of nitrogens with one attached hydrogen (secondary N) is 1. The first-order valence-electron chi connectivity index (χ1n) is 8.83. The van der Waals surface area contributed by atoms with Crippen LogP contribution in [0, 0.1) is 6.92 Å². The van der Waals surface area contributed by atoms with Crippen LogP contribution in [-0.2, 0) is 0 Å². The van der Waals surface area contributed by atoms with Crippen LogP contribution in [0.1, 0.15) is 33.3 Å². The summed E-state index contributed by atoms with van der Waals surface area (Å²) in [5.74, 6) is 1.59. The van der Waals surface area contributed by atoms with Crippen LogP contribution in [0.15, 0.2) is 30.5 Å². The molecule has 1 aromatic heterocycles. The zero-order valence-corrected chi connectivity index (χ0v) is 15.5. The fourth-order valence-corrected chi connectivity index (χ4v) is 2.79. The first kappa shape index (κ1) is 18.0. The molecule has 2 rings (SSSR count). The average Bonchev–Trinajstić information content (AvgIpc) is 2.60. The molecule has 5 nitrogen and oxygen atoms in total. The molecule has 0 atom stereocenters. The van der Waals surface area contributed by atoms with E-state index in [0.717, 1.165) is 43.6 Å². The maximum absolute atomic E-state index is 4.63. The van der Waals surface area contributed by atoms with E-state index >= 15 is 0 Å². The van der Waals surface area contributed by atoms with Gasteiger partial charge in [0.1, 0.15) is 5.82 Å². The lowest BCUT2D eigenvalue weighted by Gasteiger charge is -2.22. The van der Waals surface area contributed by atoms with Crippen LogP contribution >= 0.6 is 0 Å². The number of anilines is 4. The zero-order chi connectivity index (χ0) is 17.5.